The van der Waals surface area contributed by atoms with Crippen molar-refractivity contribution >= 4 is 0 Å². The van der Waals surface area contributed by atoms with Gasteiger partial charge in [-0.05, 0) is 30.1 Å². The van der Waals surface area contributed by atoms with Gasteiger partial charge in [-0.25, -0.2) is 0 Å². The molecule has 0 aromatic carbocycles. The fraction of sp³-hybridized carbons (Fsp3) is 1.00. The molecule has 0 unspecified atom stereocenters. The van der Waals surface area contributed by atoms with Crippen LogP contribution in [0.5, 0.6) is 0 Å². The molecule has 13 heavy (non-hydrogen) atoms. The summed E-state index contributed by atoms with van der Waals surface area (Å²) in [6.45, 7) is 7.16. The number of hydrogen-bond donors (Lipinski definition) is 1. The van der Waals surface area contributed by atoms with Crippen molar-refractivity contribution in [1.82, 2.24) is 0 Å². The Kier molecular flexibility index (Phi) is 3.78. The number of hydrogen-bond acceptors (Lipinski definition) is 1. The maximum absolute atomic E-state index is 9.20. The van der Waals surface area contributed by atoms with Crippen molar-refractivity contribution in [3.8, 4) is 0 Å². The third kappa shape index (κ3) is 2.46. The first-order valence-corrected chi connectivity index (χ1v) is 5.70. The summed E-state index contributed by atoms with van der Waals surface area (Å²) in [6, 6.07) is 0. The molecule has 1 aliphatic carbocycles. The van der Waals surface area contributed by atoms with Gasteiger partial charge in [-0.2, -0.15) is 0 Å². The molecule has 1 atom stereocenters. The molecular formula is C12H24O. The summed E-state index contributed by atoms with van der Waals surface area (Å²) in [5.41, 5.74) is 0.329. The van der Waals surface area contributed by atoms with Crippen LogP contribution in [0, 0.1) is 17.3 Å². The van der Waals surface area contributed by atoms with Crippen LogP contribution in [0.1, 0.15) is 52.9 Å². The molecule has 0 saturated heterocycles. The highest BCUT2D eigenvalue weighted by atomic mass is 16.3. The minimum absolute atomic E-state index is 0.329. The first kappa shape index (κ1) is 11.0. The van der Waals surface area contributed by atoms with E-state index in [2.05, 4.69) is 20.8 Å². The molecule has 1 aliphatic rings. The second-order valence-electron chi connectivity index (χ2n) is 5.24. The zero-order valence-corrected chi connectivity index (χ0v) is 9.34. The lowest BCUT2D eigenvalue weighted by Crippen LogP contribution is -2.34. The first-order valence-electron chi connectivity index (χ1n) is 5.70. The molecule has 0 aromatic rings. The van der Waals surface area contributed by atoms with Crippen LogP contribution in [-0.4, -0.2) is 11.7 Å². The van der Waals surface area contributed by atoms with E-state index in [1.807, 2.05) is 0 Å². The van der Waals surface area contributed by atoms with Gasteiger partial charge in [0.25, 0.3) is 0 Å². The normalized spacial score (nSPS) is 23.1. The summed E-state index contributed by atoms with van der Waals surface area (Å²) in [6.07, 6.45) is 6.95. The standard InChI is InChI=1S/C12H24O/c1-10(9-13)12(2,3)11-7-5-4-6-8-11/h10-11,13H,4-9H2,1-3H3/t10-/m0/s1. The van der Waals surface area contributed by atoms with Crippen LogP contribution in [0.2, 0.25) is 0 Å². The molecule has 0 amide bonds. The van der Waals surface area contributed by atoms with Gasteiger partial charge in [0.05, 0.1) is 0 Å². The van der Waals surface area contributed by atoms with E-state index >= 15 is 0 Å². The Morgan fingerprint density at radius 1 is 1.23 bits per heavy atom. The predicted molar refractivity (Wildman–Crippen MR) is 56.6 cm³/mol. The summed E-state index contributed by atoms with van der Waals surface area (Å²) < 4.78 is 0. The van der Waals surface area contributed by atoms with Gasteiger partial charge in [-0.3, -0.25) is 0 Å². The van der Waals surface area contributed by atoms with Gasteiger partial charge in [0.15, 0.2) is 0 Å². The molecule has 0 spiro atoms. The predicted octanol–water partition coefficient (Wildman–Crippen LogP) is 3.22. The van der Waals surface area contributed by atoms with E-state index < -0.39 is 0 Å². The van der Waals surface area contributed by atoms with Crippen LogP contribution in [-0.2, 0) is 0 Å². The smallest absolute Gasteiger partial charge is 0.0461 e. The van der Waals surface area contributed by atoms with Crippen molar-refractivity contribution in [3.05, 3.63) is 0 Å². The summed E-state index contributed by atoms with van der Waals surface area (Å²) in [5, 5.41) is 9.20. The summed E-state index contributed by atoms with van der Waals surface area (Å²) in [5.74, 6) is 1.28. The van der Waals surface area contributed by atoms with Crippen molar-refractivity contribution < 1.29 is 5.11 Å². The summed E-state index contributed by atoms with van der Waals surface area (Å²) in [7, 11) is 0. The van der Waals surface area contributed by atoms with Gasteiger partial charge in [-0.1, -0.05) is 40.0 Å². The lowest BCUT2D eigenvalue weighted by molar-refractivity contribution is 0.0531. The SMILES string of the molecule is C[C@@H](CO)C(C)(C)C1CCCCC1. The Morgan fingerprint density at radius 3 is 2.23 bits per heavy atom. The summed E-state index contributed by atoms with van der Waals surface area (Å²) in [4.78, 5) is 0. The van der Waals surface area contributed by atoms with E-state index in [0.29, 0.717) is 17.9 Å². The average Bonchev–Trinajstić information content (AvgIpc) is 2.18. The number of rotatable bonds is 3. The third-order valence-corrected chi connectivity index (χ3v) is 4.20. The topological polar surface area (TPSA) is 20.2 Å². The molecule has 1 nitrogen and oxygen atoms in total. The Morgan fingerprint density at radius 2 is 1.77 bits per heavy atom. The largest absolute Gasteiger partial charge is 0.396 e. The molecule has 1 N–H and O–H groups in total. The highest BCUT2D eigenvalue weighted by Crippen LogP contribution is 2.42. The second-order valence-corrected chi connectivity index (χ2v) is 5.24. The highest BCUT2D eigenvalue weighted by Gasteiger charge is 2.34. The molecule has 1 saturated carbocycles. The molecule has 1 fully saturated rings. The molecule has 0 heterocycles. The van der Waals surface area contributed by atoms with E-state index in [9.17, 15) is 5.11 Å². The molecule has 1 rings (SSSR count). The number of aliphatic hydroxyl groups excluding tert-OH is 1. The monoisotopic (exact) mass is 184 g/mol. The number of aliphatic hydroxyl groups is 1. The Hall–Kier alpha value is -0.0400. The fourth-order valence-electron chi connectivity index (χ4n) is 2.48. The zero-order chi connectivity index (χ0) is 9.90. The van der Waals surface area contributed by atoms with Crippen LogP contribution in [0.15, 0.2) is 0 Å². The lowest BCUT2D eigenvalue weighted by atomic mass is 9.65. The van der Waals surface area contributed by atoms with E-state index in [-0.39, 0.29) is 0 Å². The highest BCUT2D eigenvalue weighted by molar-refractivity contribution is 4.84. The van der Waals surface area contributed by atoms with Gasteiger partial charge in [0, 0.05) is 6.61 Å². The third-order valence-electron chi connectivity index (χ3n) is 4.20. The van der Waals surface area contributed by atoms with Gasteiger partial charge in [-0.15, -0.1) is 0 Å². The van der Waals surface area contributed by atoms with E-state index in [0.717, 1.165) is 5.92 Å². The van der Waals surface area contributed by atoms with Crippen LogP contribution in [0.3, 0.4) is 0 Å². The van der Waals surface area contributed by atoms with Crippen molar-refractivity contribution in [2.24, 2.45) is 17.3 Å². The molecule has 0 aliphatic heterocycles. The molecule has 0 radical (unpaired) electrons. The fourth-order valence-corrected chi connectivity index (χ4v) is 2.48. The van der Waals surface area contributed by atoms with Gasteiger partial charge in [0.2, 0.25) is 0 Å². The molecule has 78 valence electrons. The van der Waals surface area contributed by atoms with Gasteiger partial charge in [0.1, 0.15) is 0 Å². The van der Waals surface area contributed by atoms with E-state index in [4.69, 9.17) is 0 Å². The molecule has 1 heteroatoms. The Balaban J connectivity index is 2.55. The van der Waals surface area contributed by atoms with E-state index in [1.54, 1.807) is 0 Å². The quantitative estimate of drug-likeness (QED) is 0.714. The molecule has 0 aromatic heterocycles. The second kappa shape index (κ2) is 4.45. The van der Waals surface area contributed by atoms with Gasteiger partial charge < -0.3 is 5.11 Å². The van der Waals surface area contributed by atoms with Crippen molar-refractivity contribution in [2.45, 2.75) is 52.9 Å². The maximum atomic E-state index is 9.20. The summed E-state index contributed by atoms with van der Waals surface area (Å²) >= 11 is 0. The average molecular weight is 184 g/mol. The molecule has 0 bridgehead atoms. The van der Waals surface area contributed by atoms with Crippen molar-refractivity contribution in [1.29, 1.82) is 0 Å². The van der Waals surface area contributed by atoms with Crippen LogP contribution >= 0.6 is 0 Å². The van der Waals surface area contributed by atoms with Gasteiger partial charge >= 0.3 is 0 Å². The van der Waals surface area contributed by atoms with Crippen molar-refractivity contribution in [2.75, 3.05) is 6.61 Å². The van der Waals surface area contributed by atoms with Crippen molar-refractivity contribution in [3.63, 3.8) is 0 Å². The van der Waals surface area contributed by atoms with Crippen LogP contribution < -0.4 is 0 Å². The van der Waals surface area contributed by atoms with E-state index in [1.165, 1.54) is 32.1 Å². The lowest BCUT2D eigenvalue weighted by Gasteiger charge is -2.41. The minimum atomic E-state index is 0.329. The Bertz CT molecular complexity index is 145. The molecular weight excluding hydrogens is 160 g/mol. The Labute approximate surface area is 82.5 Å². The minimum Gasteiger partial charge on any atom is -0.396 e. The van der Waals surface area contributed by atoms with Crippen LogP contribution in [0.25, 0.3) is 0 Å². The first-order chi connectivity index (χ1) is 6.09. The zero-order valence-electron chi connectivity index (χ0n) is 9.34. The maximum Gasteiger partial charge on any atom is 0.0461 e. The van der Waals surface area contributed by atoms with Crippen LogP contribution in [0.4, 0.5) is 0 Å².